The van der Waals surface area contributed by atoms with Crippen LogP contribution in [0.25, 0.3) is 0 Å². The number of methoxy groups -OCH3 is 1. The summed E-state index contributed by atoms with van der Waals surface area (Å²) in [5.74, 6) is -1.82. The quantitative estimate of drug-likeness (QED) is 0.363. The topological polar surface area (TPSA) is 221 Å². The molecule has 0 bridgehead atoms. The molecule has 7 rings (SSSR count). The smallest absolute Gasteiger partial charge is 0.416 e. The number of aliphatic hydroxyl groups is 2. The predicted octanol–water partition coefficient (Wildman–Crippen LogP) is 3.05. The largest absolute Gasteiger partial charge is 0.443 e. The fraction of sp³-hybridized carbons (Fsp3) is 0.615. The number of benzene rings is 2. The fourth-order valence-electron chi connectivity index (χ4n) is 7.12. The normalized spacial score (nSPS) is 34.2. The summed E-state index contributed by atoms with van der Waals surface area (Å²) in [6.07, 6.45) is -6.23. The number of nitrogens with one attached hydrogen (secondary N) is 1. The molecule has 17 nitrogen and oxygen atoms in total. The summed E-state index contributed by atoms with van der Waals surface area (Å²) in [4.78, 5) is 23.1. The number of carbonyl (C=O) groups excluding carboxylic acids is 1. The monoisotopic (exact) mass is 914 g/mol. The maximum atomic E-state index is 13.3. The van der Waals surface area contributed by atoms with E-state index in [-0.39, 0.29) is 15.5 Å². The third-order valence-electron chi connectivity index (χ3n) is 10.7. The predicted molar refractivity (Wildman–Crippen MR) is 226 cm³/mol. The molecule has 2 aromatic rings. The van der Waals surface area contributed by atoms with E-state index in [0.29, 0.717) is 10.3 Å². The van der Waals surface area contributed by atoms with Crippen LogP contribution >= 0.6 is 23.5 Å². The number of carbonyl (C=O) groups is 1. The Morgan fingerprint density at radius 2 is 1.42 bits per heavy atom. The first-order valence-corrected chi connectivity index (χ1v) is 24.3. The number of amides is 1. The van der Waals surface area contributed by atoms with Crippen LogP contribution in [0.3, 0.4) is 0 Å². The number of amidine groups is 2. The summed E-state index contributed by atoms with van der Waals surface area (Å²) in [6, 6.07) is 15.2. The van der Waals surface area contributed by atoms with Crippen molar-refractivity contribution in [2.24, 2.45) is 9.98 Å². The first-order valence-electron chi connectivity index (χ1n) is 19.2. The van der Waals surface area contributed by atoms with Crippen LogP contribution in [0.15, 0.2) is 80.4 Å². The third kappa shape index (κ3) is 9.85. The molecular weight excluding hydrogens is 861 g/mol. The van der Waals surface area contributed by atoms with Gasteiger partial charge in [-0.1, -0.05) is 59.9 Å². The Bertz CT molecular complexity index is 2140. The third-order valence-corrected chi connectivity index (χ3v) is 16.6. The zero-order valence-corrected chi connectivity index (χ0v) is 38.1. The van der Waals surface area contributed by atoms with Crippen LogP contribution in [-0.2, 0) is 48.1 Å². The number of hydrogen-bond donors (Lipinski definition) is 3. The van der Waals surface area contributed by atoms with Gasteiger partial charge in [0, 0.05) is 21.2 Å². The number of aliphatic imine (C=N–C) groups is 2. The number of aliphatic hydroxyl groups excluding tert-OH is 2. The maximum absolute atomic E-state index is 13.3. The Hall–Kier alpha value is -2.83. The molecule has 5 aliphatic heterocycles. The molecule has 0 saturated carbocycles. The van der Waals surface area contributed by atoms with Crippen LogP contribution in [0.1, 0.15) is 41.5 Å². The van der Waals surface area contributed by atoms with Gasteiger partial charge in [0.15, 0.2) is 35.8 Å². The number of fused-ring (bicyclic) bond motifs is 4. The van der Waals surface area contributed by atoms with Crippen molar-refractivity contribution in [2.45, 2.75) is 128 Å². The average molecular weight is 915 g/mol. The minimum atomic E-state index is -3.70. The van der Waals surface area contributed by atoms with Crippen LogP contribution in [0.4, 0.5) is 4.79 Å². The first kappa shape index (κ1) is 46.7. The highest BCUT2D eigenvalue weighted by Gasteiger charge is 2.62. The zero-order chi connectivity index (χ0) is 44.0. The van der Waals surface area contributed by atoms with Crippen molar-refractivity contribution in [3.63, 3.8) is 0 Å². The molecule has 60 heavy (non-hydrogen) atoms. The molecular formula is C39H54N4O13S4. The van der Waals surface area contributed by atoms with Crippen molar-refractivity contribution in [1.82, 2.24) is 10.2 Å². The SMILES string of the molecule is CN=C1N[C@@H]2[C@@H](O)[C@H](O)[C@@H](CS(=O)(=O)c3ccccc3)O[C@@H]2S1.CO[C@@]1(C)O[C@@H]2[C@H]3N=C(N(C)C(=O)OC(C)(C)C)S[C@H]3O[C@H](CS(=O)(=O)c3ccccc3)[C@H]2OC1(C)C. The van der Waals surface area contributed by atoms with E-state index < -0.39 is 108 Å². The summed E-state index contributed by atoms with van der Waals surface area (Å²) >= 11 is 2.50. The van der Waals surface area contributed by atoms with Crippen molar-refractivity contribution >= 4 is 59.6 Å². The molecule has 4 fully saturated rings. The van der Waals surface area contributed by atoms with Gasteiger partial charge in [0.2, 0.25) is 0 Å². The Morgan fingerprint density at radius 1 is 0.867 bits per heavy atom. The molecule has 332 valence electrons. The lowest BCUT2D eigenvalue weighted by molar-refractivity contribution is -0.402. The van der Waals surface area contributed by atoms with Crippen molar-refractivity contribution < 1.29 is 60.3 Å². The molecule has 0 radical (unpaired) electrons. The lowest BCUT2D eigenvalue weighted by atomic mass is 9.90. The molecule has 1 amide bonds. The molecule has 0 spiro atoms. The van der Waals surface area contributed by atoms with Gasteiger partial charge < -0.3 is 44.0 Å². The minimum Gasteiger partial charge on any atom is -0.443 e. The van der Waals surface area contributed by atoms with Crippen molar-refractivity contribution in [3.05, 3.63) is 60.7 Å². The van der Waals surface area contributed by atoms with E-state index in [2.05, 4.69) is 10.3 Å². The van der Waals surface area contributed by atoms with E-state index in [1.807, 2.05) is 13.8 Å². The minimum absolute atomic E-state index is 0.167. The van der Waals surface area contributed by atoms with Crippen molar-refractivity contribution in [3.8, 4) is 0 Å². The van der Waals surface area contributed by atoms with Gasteiger partial charge in [-0.2, -0.15) is 0 Å². The van der Waals surface area contributed by atoms with Gasteiger partial charge >= 0.3 is 6.09 Å². The van der Waals surface area contributed by atoms with Gasteiger partial charge in [0.1, 0.15) is 64.7 Å². The van der Waals surface area contributed by atoms with Crippen molar-refractivity contribution in [2.75, 3.05) is 32.7 Å². The lowest BCUT2D eigenvalue weighted by Crippen LogP contribution is -2.70. The van der Waals surface area contributed by atoms with E-state index in [1.165, 1.54) is 47.7 Å². The molecule has 0 aliphatic carbocycles. The molecule has 5 aliphatic rings. The highest BCUT2D eigenvalue weighted by molar-refractivity contribution is 8.14. The highest BCUT2D eigenvalue weighted by Crippen LogP contribution is 2.48. The summed E-state index contributed by atoms with van der Waals surface area (Å²) in [6.45, 7) is 10.8. The van der Waals surface area contributed by atoms with Gasteiger partial charge in [0.25, 0.3) is 0 Å². The molecule has 11 atom stereocenters. The molecule has 0 aromatic heterocycles. The van der Waals surface area contributed by atoms with E-state index in [1.54, 1.807) is 90.3 Å². The number of ether oxygens (including phenoxy) is 6. The number of sulfone groups is 2. The summed E-state index contributed by atoms with van der Waals surface area (Å²) < 4.78 is 87.7. The second-order valence-corrected chi connectivity index (χ2v) is 22.7. The molecule has 21 heteroatoms. The first-order chi connectivity index (χ1) is 28.0. The Balaban J connectivity index is 0.000000224. The lowest BCUT2D eigenvalue weighted by Gasteiger charge is -2.56. The van der Waals surface area contributed by atoms with Gasteiger partial charge in [0.05, 0.1) is 27.3 Å². The van der Waals surface area contributed by atoms with Gasteiger partial charge in [-0.25, -0.2) is 21.6 Å². The number of rotatable bonds is 7. The summed E-state index contributed by atoms with van der Waals surface area (Å²) in [7, 11) is -2.60. The van der Waals surface area contributed by atoms with Gasteiger partial charge in [-0.15, -0.1) is 0 Å². The van der Waals surface area contributed by atoms with Crippen LogP contribution in [0.5, 0.6) is 0 Å². The highest BCUT2D eigenvalue weighted by atomic mass is 32.2. The van der Waals surface area contributed by atoms with E-state index in [0.717, 1.165) is 0 Å². The summed E-state index contributed by atoms with van der Waals surface area (Å²) in [5.41, 5.74) is -2.67. The van der Waals surface area contributed by atoms with E-state index in [4.69, 9.17) is 33.4 Å². The second-order valence-electron chi connectivity index (χ2n) is 16.5. The number of nitrogens with zero attached hydrogens (tertiary/aromatic N) is 3. The number of thioether (sulfide) groups is 2. The van der Waals surface area contributed by atoms with E-state index >= 15 is 0 Å². The molecule has 0 unspecified atom stereocenters. The summed E-state index contributed by atoms with van der Waals surface area (Å²) in [5, 5.41) is 24.4. The Morgan fingerprint density at radius 3 is 1.95 bits per heavy atom. The zero-order valence-electron chi connectivity index (χ0n) is 34.8. The van der Waals surface area contributed by atoms with Gasteiger partial charge in [-0.3, -0.25) is 14.9 Å². The molecule has 2 aromatic carbocycles. The van der Waals surface area contributed by atoms with Gasteiger partial charge in [-0.05, 0) is 65.8 Å². The second kappa shape index (κ2) is 17.7. The van der Waals surface area contributed by atoms with Crippen LogP contribution in [-0.4, -0.2) is 158 Å². The maximum Gasteiger partial charge on any atom is 0.416 e. The van der Waals surface area contributed by atoms with Crippen LogP contribution < -0.4 is 5.32 Å². The van der Waals surface area contributed by atoms with Crippen molar-refractivity contribution in [1.29, 1.82) is 0 Å². The number of hydrogen-bond acceptors (Lipinski definition) is 17. The average Bonchev–Trinajstić information content (AvgIpc) is 3.82. The van der Waals surface area contributed by atoms with Crippen LogP contribution in [0.2, 0.25) is 0 Å². The Labute approximate surface area is 359 Å². The van der Waals surface area contributed by atoms with Crippen LogP contribution in [0, 0.1) is 0 Å². The fourth-order valence-corrected chi connectivity index (χ4v) is 12.3. The molecule has 3 N–H and O–H groups in total. The standard InChI is InChI=1S/C25H36N2O8S2.C14H18N2O5S2/c1-23(2,3)35-22(28)27(7)21-26-17-19-18(33-24(4,5)25(6,31-8)34-19)16(32-20(17)36-21)14-37(29,30)15-12-10-9-11-13-15;1-15-14-16-10-12(18)11(17)9(21-13(10)22-14)7-23(19,20)8-5-3-2-4-6-8/h9-13,16-20H,14H2,1-8H3;2-6,9-13,17-18H,7H2,1H3,(H,15,16)/t16-,17-,18-,19-,20-,25+;9-,10-,11-,12-,13-/m11/s1. The molecule has 5 heterocycles. The Kier molecular flexibility index (Phi) is 13.8. The van der Waals surface area contributed by atoms with E-state index in [9.17, 15) is 31.8 Å². The molecule has 4 saturated heterocycles.